The summed E-state index contributed by atoms with van der Waals surface area (Å²) in [5.41, 5.74) is 0.793. The van der Waals surface area contributed by atoms with Crippen LogP contribution in [0.2, 0.25) is 0 Å². The fourth-order valence-corrected chi connectivity index (χ4v) is 1.77. The minimum absolute atomic E-state index is 0.242. The molecule has 2 heterocycles. The van der Waals surface area contributed by atoms with Gasteiger partial charge in [0.2, 0.25) is 0 Å². The van der Waals surface area contributed by atoms with Crippen molar-refractivity contribution in [3.05, 3.63) is 59.7 Å². The Morgan fingerprint density at radius 1 is 1.33 bits per heavy atom. The van der Waals surface area contributed by atoms with E-state index in [-0.39, 0.29) is 5.69 Å². The molecule has 5 heteroatoms. The van der Waals surface area contributed by atoms with Crippen molar-refractivity contribution in [3.8, 4) is 0 Å². The first-order valence-corrected chi connectivity index (χ1v) is 5.66. The Kier molecular flexibility index (Phi) is 3.94. The highest BCUT2D eigenvalue weighted by molar-refractivity contribution is 5.26. The van der Waals surface area contributed by atoms with Gasteiger partial charge < -0.3 is 5.32 Å². The van der Waals surface area contributed by atoms with Gasteiger partial charge in [0.1, 0.15) is 11.6 Å². The highest BCUT2D eigenvalue weighted by atomic mass is 19.1. The molecule has 2 rings (SSSR count). The molecule has 0 saturated heterocycles. The molecule has 18 heavy (non-hydrogen) atoms. The van der Waals surface area contributed by atoms with Gasteiger partial charge in [-0.15, -0.1) is 0 Å². The number of halogens is 2. The maximum atomic E-state index is 13.7. The maximum Gasteiger partial charge on any atom is 0.146 e. The molecule has 0 amide bonds. The van der Waals surface area contributed by atoms with E-state index in [0.717, 1.165) is 6.20 Å². The van der Waals surface area contributed by atoms with Gasteiger partial charge >= 0.3 is 0 Å². The normalized spacial score (nSPS) is 12.4. The lowest BCUT2D eigenvalue weighted by atomic mass is 10.0. The Hall–Kier alpha value is -1.88. The van der Waals surface area contributed by atoms with E-state index in [0.29, 0.717) is 12.1 Å². The molecule has 1 N–H and O–H groups in total. The molecule has 0 fully saturated rings. The van der Waals surface area contributed by atoms with Gasteiger partial charge in [-0.3, -0.25) is 9.97 Å². The van der Waals surface area contributed by atoms with Crippen LogP contribution < -0.4 is 5.32 Å². The molecule has 0 radical (unpaired) electrons. The summed E-state index contributed by atoms with van der Waals surface area (Å²) in [7, 11) is 0. The van der Waals surface area contributed by atoms with E-state index in [2.05, 4.69) is 15.3 Å². The summed E-state index contributed by atoms with van der Waals surface area (Å²) in [6, 6.07) is 3.68. The molecule has 0 bridgehead atoms. The molecule has 1 unspecified atom stereocenters. The van der Waals surface area contributed by atoms with Crippen LogP contribution in [0.25, 0.3) is 0 Å². The van der Waals surface area contributed by atoms with Crippen molar-refractivity contribution in [2.75, 3.05) is 6.54 Å². The van der Waals surface area contributed by atoms with Gasteiger partial charge in [0, 0.05) is 12.4 Å². The Balaban J connectivity index is 2.43. The molecule has 2 aromatic heterocycles. The third-order valence-electron chi connectivity index (χ3n) is 2.53. The molecule has 0 aliphatic rings. The quantitative estimate of drug-likeness (QED) is 0.904. The van der Waals surface area contributed by atoms with Crippen molar-refractivity contribution < 1.29 is 8.78 Å². The lowest BCUT2D eigenvalue weighted by molar-refractivity contribution is 0.537. The van der Waals surface area contributed by atoms with Crippen LogP contribution in [0.4, 0.5) is 8.78 Å². The van der Waals surface area contributed by atoms with Crippen LogP contribution in [-0.4, -0.2) is 16.5 Å². The van der Waals surface area contributed by atoms with Gasteiger partial charge in [-0.25, -0.2) is 8.78 Å². The fraction of sp³-hybridized carbons (Fsp3) is 0.231. The van der Waals surface area contributed by atoms with Crippen molar-refractivity contribution in [1.29, 1.82) is 0 Å². The van der Waals surface area contributed by atoms with Gasteiger partial charge in [-0.2, -0.15) is 0 Å². The smallest absolute Gasteiger partial charge is 0.146 e. The zero-order valence-corrected chi connectivity index (χ0v) is 9.90. The summed E-state index contributed by atoms with van der Waals surface area (Å²) in [5.74, 6) is -0.876. The first-order chi connectivity index (χ1) is 8.72. The first-order valence-electron chi connectivity index (χ1n) is 5.66. The predicted octanol–water partition coefficient (Wildman–Crippen LogP) is 2.45. The lowest BCUT2D eigenvalue weighted by Crippen LogP contribution is -2.24. The van der Waals surface area contributed by atoms with Crippen LogP contribution >= 0.6 is 0 Å². The Morgan fingerprint density at radius 3 is 2.83 bits per heavy atom. The largest absolute Gasteiger partial charge is 0.305 e. The van der Waals surface area contributed by atoms with Crippen molar-refractivity contribution in [2.24, 2.45) is 0 Å². The van der Waals surface area contributed by atoms with Crippen LogP contribution in [0.1, 0.15) is 24.2 Å². The number of hydrogen-bond acceptors (Lipinski definition) is 3. The minimum atomic E-state index is -0.501. The van der Waals surface area contributed by atoms with Crippen LogP contribution in [0, 0.1) is 11.6 Å². The molecule has 94 valence electrons. The third kappa shape index (κ3) is 2.68. The Morgan fingerprint density at radius 2 is 2.17 bits per heavy atom. The van der Waals surface area contributed by atoms with Gasteiger partial charge in [0.05, 0.1) is 17.9 Å². The molecular formula is C13H13F2N3. The second kappa shape index (κ2) is 5.64. The monoisotopic (exact) mass is 249 g/mol. The average Bonchev–Trinajstić information content (AvgIpc) is 2.37. The SMILES string of the molecule is CCNC(c1cncc(F)c1)c1ncccc1F. The zero-order valence-electron chi connectivity index (χ0n) is 9.90. The first kappa shape index (κ1) is 12.6. The van der Waals surface area contributed by atoms with E-state index in [9.17, 15) is 8.78 Å². The molecular weight excluding hydrogens is 236 g/mol. The van der Waals surface area contributed by atoms with Crippen LogP contribution in [0.15, 0.2) is 36.8 Å². The van der Waals surface area contributed by atoms with E-state index in [1.54, 1.807) is 0 Å². The highest BCUT2D eigenvalue weighted by Crippen LogP contribution is 2.22. The lowest BCUT2D eigenvalue weighted by Gasteiger charge is -2.17. The van der Waals surface area contributed by atoms with Crippen molar-refractivity contribution in [3.63, 3.8) is 0 Å². The van der Waals surface area contributed by atoms with Crippen molar-refractivity contribution in [2.45, 2.75) is 13.0 Å². The molecule has 1 atom stereocenters. The fourth-order valence-electron chi connectivity index (χ4n) is 1.77. The average molecular weight is 249 g/mol. The predicted molar refractivity (Wildman–Crippen MR) is 63.9 cm³/mol. The van der Waals surface area contributed by atoms with Crippen molar-refractivity contribution in [1.82, 2.24) is 15.3 Å². The highest BCUT2D eigenvalue weighted by Gasteiger charge is 2.18. The number of aromatic nitrogens is 2. The van der Waals surface area contributed by atoms with Crippen LogP contribution in [0.5, 0.6) is 0 Å². The molecule has 2 aromatic rings. The summed E-state index contributed by atoms with van der Waals surface area (Å²) in [6.07, 6.45) is 4.13. The standard InChI is InChI=1S/C13H13F2N3/c1-2-17-12(9-6-10(14)8-16-7-9)13-11(15)4-3-5-18-13/h3-8,12,17H,2H2,1H3. The van der Waals surface area contributed by atoms with Gasteiger partial charge in [0.25, 0.3) is 0 Å². The van der Waals surface area contributed by atoms with E-state index in [4.69, 9.17) is 0 Å². The summed E-state index contributed by atoms with van der Waals surface area (Å²) >= 11 is 0. The number of rotatable bonds is 4. The second-order valence-electron chi connectivity index (χ2n) is 3.80. The zero-order chi connectivity index (χ0) is 13.0. The Bertz CT molecular complexity index is 531. The maximum absolute atomic E-state index is 13.7. The molecule has 0 aromatic carbocycles. The van der Waals surface area contributed by atoms with Crippen molar-refractivity contribution >= 4 is 0 Å². The molecule has 0 aliphatic heterocycles. The van der Waals surface area contributed by atoms with E-state index < -0.39 is 17.7 Å². The third-order valence-corrected chi connectivity index (χ3v) is 2.53. The summed E-state index contributed by atoms with van der Waals surface area (Å²) in [6.45, 7) is 2.50. The van der Waals surface area contributed by atoms with Gasteiger partial charge in [0.15, 0.2) is 0 Å². The Labute approximate surface area is 104 Å². The minimum Gasteiger partial charge on any atom is -0.305 e. The molecule has 0 saturated carbocycles. The topological polar surface area (TPSA) is 37.8 Å². The molecule has 0 spiro atoms. The number of nitrogens with one attached hydrogen (secondary N) is 1. The second-order valence-corrected chi connectivity index (χ2v) is 3.80. The molecule has 0 aliphatic carbocycles. The van der Waals surface area contributed by atoms with E-state index in [1.807, 2.05) is 6.92 Å². The van der Waals surface area contributed by atoms with E-state index in [1.165, 1.54) is 30.6 Å². The van der Waals surface area contributed by atoms with Crippen LogP contribution in [0.3, 0.4) is 0 Å². The number of nitrogens with zero attached hydrogens (tertiary/aromatic N) is 2. The number of hydrogen-bond donors (Lipinski definition) is 1. The van der Waals surface area contributed by atoms with Crippen LogP contribution in [-0.2, 0) is 0 Å². The molecule has 3 nitrogen and oxygen atoms in total. The number of pyridine rings is 2. The van der Waals surface area contributed by atoms with E-state index >= 15 is 0 Å². The summed E-state index contributed by atoms with van der Waals surface area (Å²) in [5, 5.41) is 3.07. The van der Waals surface area contributed by atoms with Gasteiger partial charge in [-0.1, -0.05) is 6.92 Å². The van der Waals surface area contributed by atoms with Gasteiger partial charge in [-0.05, 0) is 30.3 Å². The summed E-state index contributed by atoms with van der Waals surface area (Å²) in [4.78, 5) is 7.79. The summed E-state index contributed by atoms with van der Waals surface area (Å²) < 4.78 is 26.9.